The molecule has 0 N–H and O–H groups in total. The van der Waals surface area contributed by atoms with Crippen LogP contribution in [0.5, 0.6) is 0 Å². The van der Waals surface area contributed by atoms with Gasteiger partial charge in [0.2, 0.25) is 0 Å². The Morgan fingerprint density at radius 1 is 0.353 bits per heavy atom. The molecule has 13 aromatic rings. The van der Waals surface area contributed by atoms with Crippen molar-refractivity contribution in [2.24, 2.45) is 0 Å². The Balaban J connectivity index is 1.32. The van der Waals surface area contributed by atoms with Crippen LogP contribution in [0, 0.1) is 32.1 Å². The number of hydrogen-bond donors (Lipinski definition) is 0. The molecule has 6 nitrogen and oxygen atoms in total. The van der Waals surface area contributed by atoms with E-state index >= 15 is 0 Å². The van der Waals surface area contributed by atoms with Crippen molar-refractivity contribution in [2.45, 2.75) is 20.8 Å². The van der Waals surface area contributed by atoms with Gasteiger partial charge in [0.15, 0.2) is 5.82 Å². The summed E-state index contributed by atoms with van der Waals surface area (Å²) in [5, 5.41) is 18.7. The Hall–Kier alpha value is -9.05. The third-order valence-electron chi connectivity index (χ3n) is 13.6. The van der Waals surface area contributed by atoms with Crippen LogP contribution in [0.25, 0.3) is 116 Å². The molecule has 0 spiro atoms. The van der Waals surface area contributed by atoms with Crippen LogP contribution in [0.15, 0.2) is 200 Å². The van der Waals surface area contributed by atoms with Gasteiger partial charge in [-0.2, -0.15) is 5.26 Å². The summed E-state index contributed by atoms with van der Waals surface area (Å²) in [4.78, 5) is 10.8. The molecular weight excluding hydrogens is 829 g/mol. The second-order valence-electron chi connectivity index (χ2n) is 17.9. The van der Waals surface area contributed by atoms with Gasteiger partial charge in [-0.25, -0.2) is 9.97 Å². The Bertz CT molecular complexity index is 4180. The summed E-state index contributed by atoms with van der Waals surface area (Å²) >= 11 is 0. The average molecular weight is 871 g/mol. The Kier molecular flexibility index (Phi) is 8.83. The molecule has 0 aliphatic carbocycles. The fourth-order valence-electron chi connectivity index (χ4n) is 10.6. The second-order valence-corrected chi connectivity index (χ2v) is 17.9. The van der Waals surface area contributed by atoms with Gasteiger partial charge in [-0.05, 0) is 87.5 Å². The lowest BCUT2D eigenvalue weighted by Crippen LogP contribution is -2.13. The molecule has 320 valence electrons. The van der Waals surface area contributed by atoms with Crippen molar-refractivity contribution in [3.8, 4) is 57.0 Å². The van der Waals surface area contributed by atoms with E-state index in [1.165, 1.54) is 16.7 Å². The number of nitriles is 1. The van der Waals surface area contributed by atoms with Crippen LogP contribution in [0.1, 0.15) is 22.3 Å². The summed E-state index contributed by atoms with van der Waals surface area (Å²) in [6, 6.07) is 73.6. The molecule has 0 bridgehead atoms. The molecule has 6 heteroatoms. The fourth-order valence-corrected chi connectivity index (χ4v) is 10.6. The van der Waals surface area contributed by atoms with E-state index in [9.17, 15) is 5.26 Å². The third-order valence-corrected chi connectivity index (χ3v) is 13.6. The topological polar surface area (TPSA) is 64.4 Å². The lowest BCUT2D eigenvalue weighted by Gasteiger charge is -2.26. The van der Waals surface area contributed by atoms with E-state index in [0.717, 1.165) is 105 Å². The molecule has 0 saturated carbocycles. The standard InChI is InChI=1S/C62H42N6/c1-38-26-29-56-47(32-38)44-20-10-13-23-53(44)66(56)59-43(37-63)35-50(52-36-51(41-16-6-4-7-17-41)64-62(65-52)42-18-8-5-9-19-42)60(67-54-24-14-11-21-45(54)48-33-39(2)27-30-57(48)67)61(59)68-55-25-15-12-22-46(55)49-34-40(3)28-31-58(49)68/h4-36H,1-3H3. The zero-order valence-electron chi connectivity index (χ0n) is 37.7. The van der Waals surface area contributed by atoms with Crippen LogP contribution < -0.4 is 0 Å². The van der Waals surface area contributed by atoms with Crippen molar-refractivity contribution in [1.29, 1.82) is 5.26 Å². The maximum Gasteiger partial charge on any atom is 0.160 e. The van der Waals surface area contributed by atoms with E-state index < -0.39 is 0 Å². The smallest absolute Gasteiger partial charge is 0.160 e. The summed E-state index contributed by atoms with van der Waals surface area (Å²) < 4.78 is 7.18. The van der Waals surface area contributed by atoms with Crippen molar-refractivity contribution in [3.05, 3.63) is 222 Å². The highest BCUT2D eigenvalue weighted by atomic mass is 15.1. The summed E-state index contributed by atoms with van der Waals surface area (Å²) in [7, 11) is 0. The summed E-state index contributed by atoms with van der Waals surface area (Å²) in [5.74, 6) is 0.597. The number of para-hydroxylation sites is 3. The van der Waals surface area contributed by atoms with Crippen molar-refractivity contribution in [1.82, 2.24) is 23.7 Å². The van der Waals surface area contributed by atoms with Gasteiger partial charge < -0.3 is 13.7 Å². The van der Waals surface area contributed by atoms with Crippen molar-refractivity contribution in [2.75, 3.05) is 0 Å². The Morgan fingerprint density at radius 2 is 0.750 bits per heavy atom. The highest BCUT2D eigenvalue weighted by molar-refractivity contribution is 6.15. The molecule has 0 radical (unpaired) electrons. The highest BCUT2D eigenvalue weighted by Crippen LogP contribution is 2.48. The van der Waals surface area contributed by atoms with E-state index in [-0.39, 0.29) is 0 Å². The van der Waals surface area contributed by atoms with Crippen LogP contribution in [-0.2, 0) is 0 Å². The third kappa shape index (κ3) is 5.96. The Morgan fingerprint density at radius 3 is 1.24 bits per heavy atom. The van der Waals surface area contributed by atoms with E-state index in [0.29, 0.717) is 17.1 Å². The van der Waals surface area contributed by atoms with E-state index in [1.54, 1.807) is 0 Å². The van der Waals surface area contributed by atoms with Crippen LogP contribution in [0.4, 0.5) is 0 Å². The van der Waals surface area contributed by atoms with Gasteiger partial charge in [0.1, 0.15) is 6.07 Å². The zero-order valence-corrected chi connectivity index (χ0v) is 37.7. The minimum atomic E-state index is 0.512. The molecule has 4 aromatic heterocycles. The summed E-state index contributed by atoms with van der Waals surface area (Å²) in [5.41, 5.74) is 16.9. The number of aromatic nitrogens is 5. The molecule has 0 fully saturated rings. The van der Waals surface area contributed by atoms with Crippen LogP contribution in [0.3, 0.4) is 0 Å². The van der Waals surface area contributed by atoms with Gasteiger partial charge in [0, 0.05) is 49.0 Å². The monoisotopic (exact) mass is 870 g/mol. The maximum atomic E-state index is 11.9. The molecule has 68 heavy (non-hydrogen) atoms. The molecule has 0 amide bonds. The van der Waals surface area contributed by atoms with Gasteiger partial charge in [-0.1, -0.05) is 150 Å². The molecule has 0 saturated heterocycles. The van der Waals surface area contributed by atoms with Gasteiger partial charge >= 0.3 is 0 Å². The minimum absolute atomic E-state index is 0.512. The van der Waals surface area contributed by atoms with Gasteiger partial charge in [-0.3, -0.25) is 0 Å². The number of hydrogen-bond acceptors (Lipinski definition) is 3. The van der Waals surface area contributed by atoms with Crippen molar-refractivity contribution < 1.29 is 0 Å². The van der Waals surface area contributed by atoms with Gasteiger partial charge in [0.25, 0.3) is 0 Å². The number of rotatable bonds is 6. The minimum Gasteiger partial charge on any atom is -0.306 e. The number of fused-ring (bicyclic) bond motifs is 9. The molecule has 9 aromatic carbocycles. The number of nitrogens with zero attached hydrogens (tertiary/aromatic N) is 6. The predicted octanol–water partition coefficient (Wildman–Crippen LogP) is 15.6. The molecule has 4 heterocycles. The normalized spacial score (nSPS) is 11.7. The van der Waals surface area contributed by atoms with Crippen molar-refractivity contribution >= 4 is 65.4 Å². The highest BCUT2D eigenvalue weighted by Gasteiger charge is 2.31. The molecular formula is C62H42N6. The first-order valence-electron chi connectivity index (χ1n) is 23.1. The average Bonchev–Trinajstić information content (AvgIpc) is 4.00. The molecule has 0 aliphatic heterocycles. The Labute approximate surface area is 392 Å². The summed E-state index contributed by atoms with van der Waals surface area (Å²) in [6.45, 7) is 6.45. The predicted molar refractivity (Wildman–Crippen MR) is 280 cm³/mol. The van der Waals surface area contributed by atoms with Crippen molar-refractivity contribution in [3.63, 3.8) is 0 Å². The van der Waals surface area contributed by atoms with E-state index in [1.807, 2.05) is 36.4 Å². The molecule has 0 atom stereocenters. The largest absolute Gasteiger partial charge is 0.306 e. The number of aryl methyl sites for hydroxylation is 3. The van der Waals surface area contributed by atoms with Gasteiger partial charge in [-0.15, -0.1) is 0 Å². The number of benzene rings is 9. The molecule has 0 unspecified atom stereocenters. The maximum absolute atomic E-state index is 11.9. The quantitative estimate of drug-likeness (QED) is 0.167. The second kappa shape index (κ2) is 15.3. The molecule has 13 rings (SSSR count). The summed E-state index contributed by atoms with van der Waals surface area (Å²) in [6.07, 6.45) is 0. The van der Waals surface area contributed by atoms with E-state index in [2.05, 4.69) is 204 Å². The van der Waals surface area contributed by atoms with E-state index in [4.69, 9.17) is 9.97 Å². The SMILES string of the molecule is Cc1ccc2c(c1)c1ccccc1n2-c1c(C#N)cc(-c2cc(-c3ccccc3)nc(-c3ccccc3)n2)c(-n2c3ccccc3c3cc(C)ccc32)c1-n1c2ccccc2c2cc(C)ccc21. The van der Waals surface area contributed by atoms with Crippen LogP contribution in [0.2, 0.25) is 0 Å². The fraction of sp³-hybridized carbons (Fsp3) is 0.0484. The van der Waals surface area contributed by atoms with Gasteiger partial charge in [0.05, 0.1) is 67.1 Å². The lowest BCUT2D eigenvalue weighted by atomic mass is 9.98. The van der Waals surface area contributed by atoms with Crippen LogP contribution >= 0.6 is 0 Å². The molecule has 0 aliphatic rings. The van der Waals surface area contributed by atoms with Crippen LogP contribution in [-0.4, -0.2) is 23.7 Å². The first kappa shape index (κ1) is 39.3. The first-order chi connectivity index (χ1) is 33.4. The lowest BCUT2D eigenvalue weighted by molar-refractivity contribution is 1.04. The zero-order chi connectivity index (χ0) is 45.6. The first-order valence-corrected chi connectivity index (χ1v) is 23.1.